The summed E-state index contributed by atoms with van der Waals surface area (Å²) in [6.07, 6.45) is 0.896. The number of ether oxygens (including phenoxy) is 1. The number of aliphatic hydroxyl groups excluding tert-OH is 1. The number of hydrogen-bond donors (Lipinski definition) is 1. The van der Waals surface area contributed by atoms with Crippen LogP contribution in [0.2, 0.25) is 0 Å². The molecule has 0 aliphatic carbocycles. The van der Waals surface area contributed by atoms with E-state index in [2.05, 4.69) is 0 Å². The highest BCUT2D eigenvalue weighted by atomic mass is 19.1. The summed E-state index contributed by atoms with van der Waals surface area (Å²) in [5, 5.41) is 10.1. The molecule has 3 heteroatoms. The Hall–Kier alpha value is -0.930. The second-order valence-electron chi connectivity index (χ2n) is 4.42. The smallest absolute Gasteiger partial charge is 0.129 e. The maximum Gasteiger partial charge on any atom is 0.129 e. The molecule has 1 aliphatic heterocycles. The van der Waals surface area contributed by atoms with Gasteiger partial charge in [0.25, 0.3) is 0 Å². The van der Waals surface area contributed by atoms with E-state index in [-0.39, 0.29) is 11.7 Å². The largest absolute Gasteiger partial charge is 0.388 e. The molecule has 0 bridgehead atoms. The Balaban J connectivity index is 2.15. The zero-order chi connectivity index (χ0) is 11.5. The van der Waals surface area contributed by atoms with Crippen molar-refractivity contribution in [2.45, 2.75) is 25.9 Å². The van der Waals surface area contributed by atoms with Crippen molar-refractivity contribution in [1.29, 1.82) is 0 Å². The minimum absolute atomic E-state index is 0.117. The van der Waals surface area contributed by atoms with Crippen molar-refractivity contribution in [2.24, 2.45) is 5.92 Å². The first-order chi connectivity index (χ1) is 7.68. The fourth-order valence-electron chi connectivity index (χ4n) is 2.16. The molecule has 1 aromatic rings. The van der Waals surface area contributed by atoms with Crippen LogP contribution >= 0.6 is 0 Å². The van der Waals surface area contributed by atoms with Gasteiger partial charge in [-0.3, -0.25) is 0 Å². The summed E-state index contributed by atoms with van der Waals surface area (Å²) in [6.45, 7) is 3.16. The van der Waals surface area contributed by atoms with Crippen LogP contribution < -0.4 is 0 Å². The first-order valence-corrected chi connectivity index (χ1v) is 5.70. The number of hydrogen-bond acceptors (Lipinski definition) is 2. The Kier molecular flexibility index (Phi) is 3.56. The monoisotopic (exact) mass is 224 g/mol. The lowest BCUT2D eigenvalue weighted by molar-refractivity contribution is 0.00589. The molecule has 1 saturated heterocycles. The predicted octanol–water partition coefficient (Wildman–Crippen LogP) is 2.59. The lowest BCUT2D eigenvalue weighted by atomic mass is 9.89. The van der Waals surface area contributed by atoms with Crippen LogP contribution in [0.1, 0.15) is 30.1 Å². The first kappa shape index (κ1) is 11.6. The van der Waals surface area contributed by atoms with Gasteiger partial charge in [0, 0.05) is 18.8 Å². The van der Waals surface area contributed by atoms with E-state index >= 15 is 0 Å². The maximum atomic E-state index is 13.7. The quantitative estimate of drug-likeness (QED) is 0.836. The highest BCUT2D eigenvalue weighted by Gasteiger charge is 2.25. The third-order valence-corrected chi connectivity index (χ3v) is 3.19. The van der Waals surface area contributed by atoms with Crippen LogP contribution in [0.15, 0.2) is 18.2 Å². The van der Waals surface area contributed by atoms with Crippen LogP contribution in [0.3, 0.4) is 0 Å². The molecule has 0 aromatic heterocycles. The van der Waals surface area contributed by atoms with Crippen molar-refractivity contribution in [2.75, 3.05) is 13.2 Å². The van der Waals surface area contributed by atoms with Gasteiger partial charge < -0.3 is 9.84 Å². The zero-order valence-electron chi connectivity index (χ0n) is 9.45. The SMILES string of the molecule is Cc1ccc(C(O)C2CCOCC2)c(F)c1. The molecule has 0 spiro atoms. The van der Waals surface area contributed by atoms with Gasteiger partial charge in [-0.1, -0.05) is 12.1 Å². The second kappa shape index (κ2) is 4.93. The third-order valence-electron chi connectivity index (χ3n) is 3.19. The molecule has 88 valence electrons. The standard InChI is InChI=1S/C13H17FO2/c1-9-2-3-11(12(14)8-9)13(15)10-4-6-16-7-5-10/h2-3,8,10,13,15H,4-7H2,1H3. The number of aliphatic hydroxyl groups is 1. The number of aryl methyl sites for hydroxylation is 1. The fraction of sp³-hybridized carbons (Fsp3) is 0.538. The highest BCUT2D eigenvalue weighted by Crippen LogP contribution is 2.31. The van der Waals surface area contributed by atoms with Gasteiger partial charge in [0.15, 0.2) is 0 Å². The van der Waals surface area contributed by atoms with E-state index in [0.717, 1.165) is 18.4 Å². The van der Waals surface area contributed by atoms with E-state index in [1.807, 2.05) is 13.0 Å². The summed E-state index contributed by atoms with van der Waals surface area (Å²) in [6, 6.07) is 4.99. The molecule has 0 amide bonds. The second-order valence-corrected chi connectivity index (χ2v) is 4.42. The maximum absolute atomic E-state index is 13.7. The lowest BCUT2D eigenvalue weighted by Gasteiger charge is -2.27. The molecule has 2 rings (SSSR count). The molecule has 0 saturated carbocycles. The fourth-order valence-corrected chi connectivity index (χ4v) is 2.16. The van der Waals surface area contributed by atoms with Crippen LogP contribution in [0.5, 0.6) is 0 Å². The van der Waals surface area contributed by atoms with Gasteiger partial charge in [-0.25, -0.2) is 4.39 Å². The van der Waals surface area contributed by atoms with Gasteiger partial charge in [0.2, 0.25) is 0 Å². The number of rotatable bonds is 2. The molecule has 1 fully saturated rings. The Morgan fingerprint density at radius 2 is 2.06 bits per heavy atom. The normalized spacial score (nSPS) is 19.7. The van der Waals surface area contributed by atoms with Crippen molar-refractivity contribution in [3.05, 3.63) is 35.1 Å². The van der Waals surface area contributed by atoms with E-state index in [0.29, 0.717) is 18.8 Å². The topological polar surface area (TPSA) is 29.5 Å². The van der Waals surface area contributed by atoms with Gasteiger partial charge in [0.05, 0.1) is 6.10 Å². The van der Waals surface area contributed by atoms with Crippen LogP contribution in [0.4, 0.5) is 4.39 Å². The van der Waals surface area contributed by atoms with Crippen molar-refractivity contribution in [1.82, 2.24) is 0 Å². The van der Waals surface area contributed by atoms with E-state index < -0.39 is 6.10 Å². The summed E-state index contributed by atoms with van der Waals surface area (Å²) in [5.41, 5.74) is 1.29. The predicted molar refractivity (Wildman–Crippen MR) is 59.6 cm³/mol. The molecule has 0 radical (unpaired) electrons. The van der Waals surface area contributed by atoms with E-state index in [1.54, 1.807) is 6.07 Å². The Morgan fingerprint density at radius 3 is 2.69 bits per heavy atom. The van der Waals surface area contributed by atoms with Crippen molar-refractivity contribution in [3.63, 3.8) is 0 Å². The summed E-state index contributed by atoms with van der Waals surface area (Å²) < 4.78 is 18.9. The van der Waals surface area contributed by atoms with Crippen LogP contribution in [0.25, 0.3) is 0 Å². The highest BCUT2D eigenvalue weighted by molar-refractivity contribution is 5.25. The first-order valence-electron chi connectivity index (χ1n) is 5.70. The van der Waals surface area contributed by atoms with Gasteiger partial charge in [-0.05, 0) is 37.3 Å². The van der Waals surface area contributed by atoms with E-state index in [4.69, 9.17) is 4.74 Å². The molecule has 1 atom stereocenters. The lowest BCUT2D eigenvalue weighted by Crippen LogP contribution is -2.22. The zero-order valence-corrected chi connectivity index (χ0v) is 9.45. The Bertz CT molecular complexity index is 359. The van der Waals surface area contributed by atoms with Crippen LogP contribution in [-0.4, -0.2) is 18.3 Å². The van der Waals surface area contributed by atoms with E-state index in [1.165, 1.54) is 6.07 Å². The number of benzene rings is 1. The minimum atomic E-state index is -0.704. The van der Waals surface area contributed by atoms with E-state index in [9.17, 15) is 9.50 Å². The average molecular weight is 224 g/mol. The number of halogens is 1. The average Bonchev–Trinajstić information content (AvgIpc) is 2.29. The van der Waals surface area contributed by atoms with Crippen molar-refractivity contribution < 1.29 is 14.2 Å². The summed E-state index contributed by atoms with van der Waals surface area (Å²) in [5.74, 6) is -0.190. The van der Waals surface area contributed by atoms with Crippen molar-refractivity contribution in [3.8, 4) is 0 Å². The summed E-state index contributed by atoms with van der Waals surface area (Å²) in [7, 11) is 0. The molecular weight excluding hydrogens is 207 g/mol. The van der Waals surface area contributed by atoms with Gasteiger partial charge >= 0.3 is 0 Å². The van der Waals surface area contributed by atoms with Gasteiger partial charge in [-0.15, -0.1) is 0 Å². The van der Waals surface area contributed by atoms with Gasteiger partial charge in [-0.2, -0.15) is 0 Å². The Labute approximate surface area is 95.1 Å². The van der Waals surface area contributed by atoms with Crippen molar-refractivity contribution >= 4 is 0 Å². The molecule has 2 nitrogen and oxygen atoms in total. The molecular formula is C13H17FO2. The Morgan fingerprint density at radius 1 is 1.38 bits per heavy atom. The third kappa shape index (κ3) is 2.42. The van der Waals surface area contributed by atoms with Crippen LogP contribution in [-0.2, 0) is 4.74 Å². The molecule has 1 aliphatic rings. The summed E-state index contributed by atoms with van der Waals surface area (Å²) >= 11 is 0. The molecule has 1 unspecified atom stereocenters. The summed E-state index contributed by atoms with van der Waals surface area (Å²) in [4.78, 5) is 0. The van der Waals surface area contributed by atoms with Crippen LogP contribution in [0, 0.1) is 18.7 Å². The molecule has 1 aromatic carbocycles. The minimum Gasteiger partial charge on any atom is -0.388 e. The molecule has 1 N–H and O–H groups in total. The van der Waals surface area contributed by atoms with Gasteiger partial charge in [0.1, 0.15) is 5.82 Å². The molecule has 16 heavy (non-hydrogen) atoms. The molecule has 1 heterocycles.